The van der Waals surface area contributed by atoms with Crippen LogP contribution < -0.4 is 20.5 Å². The highest BCUT2D eigenvalue weighted by molar-refractivity contribution is 5.94. The molecule has 1 aromatic rings. The van der Waals surface area contributed by atoms with Gasteiger partial charge in [0.2, 0.25) is 5.91 Å². The van der Waals surface area contributed by atoms with Crippen LogP contribution in [0.1, 0.15) is 34.1 Å². The number of ether oxygens (including phenoxy) is 2. The van der Waals surface area contributed by atoms with Gasteiger partial charge in [0.05, 0.1) is 19.3 Å². The van der Waals surface area contributed by atoms with Crippen LogP contribution in [0.25, 0.3) is 0 Å². The van der Waals surface area contributed by atoms with Gasteiger partial charge in [0.25, 0.3) is 0 Å². The number of rotatable bonds is 8. The van der Waals surface area contributed by atoms with Gasteiger partial charge in [-0.25, -0.2) is 0 Å². The molecule has 1 unspecified atom stereocenters. The van der Waals surface area contributed by atoms with Crippen LogP contribution in [0, 0.1) is 5.92 Å². The number of carbonyl (C=O) groups excluding carboxylic acids is 1. The molecule has 0 aromatic heterocycles. The molecule has 5 nitrogen and oxygen atoms in total. The van der Waals surface area contributed by atoms with Gasteiger partial charge in [0.1, 0.15) is 0 Å². The van der Waals surface area contributed by atoms with E-state index in [0.29, 0.717) is 42.7 Å². The molecular weight excluding hydrogens is 268 g/mol. The lowest BCUT2D eigenvalue weighted by Crippen LogP contribution is -2.36. The summed E-state index contributed by atoms with van der Waals surface area (Å²) in [4.78, 5) is 12.0. The molecule has 0 aliphatic heterocycles. The number of carbonyl (C=O) groups is 1. The number of benzene rings is 1. The number of nitrogens with one attached hydrogen (secondary N) is 1. The largest absolute Gasteiger partial charge is 0.490 e. The minimum atomic E-state index is -0.507. The van der Waals surface area contributed by atoms with Crippen LogP contribution in [0.5, 0.6) is 11.5 Å². The van der Waals surface area contributed by atoms with E-state index in [1.54, 1.807) is 18.2 Å². The van der Waals surface area contributed by atoms with Gasteiger partial charge in [0.15, 0.2) is 11.5 Å². The van der Waals surface area contributed by atoms with Gasteiger partial charge in [-0.3, -0.25) is 4.79 Å². The highest BCUT2D eigenvalue weighted by atomic mass is 16.5. The molecular formula is C16H26N2O3. The summed E-state index contributed by atoms with van der Waals surface area (Å²) in [5.41, 5.74) is 6.53. The number of hydrogen-bond donors (Lipinski definition) is 2. The van der Waals surface area contributed by atoms with E-state index in [9.17, 15) is 4.79 Å². The third-order valence-electron chi connectivity index (χ3n) is 2.87. The lowest BCUT2D eigenvalue weighted by atomic mass is 10.0. The fourth-order valence-corrected chi connectivity index (χ4v) is 1.98. The maximum Gasteiger partial charge on any atom is 0.241 e. The Labute approximate surface area is 126 Å². The molecule has 3 N–H and O–H groups in total. The van der Waals surface area contributed by atoms with E-state index >= 15 is 0 Å². The first-order chi connectivity index (χ1) is 9.97. The first kappa shape index (κ1) is 17.3. The van der Waals surface area contributed by atoms with Crippen LogP contribution in [0.4, 0.5) is 5.69 Å². The molecule has 0 aliphatic rings. The van der Waals surface area contributed by atoms with Crippen molar-refractivity contribution in [3.05, 3.63) is 18.2 Å². The fourth-order valence-electron chi connectivity index (χ4n) is 1.98. The monoisotopic (exact) mass is 294 g/mol. The summed E-state index contributed by atoms with van der Waals surface area (Å²) in [6.45, 7) is 8.99. The van der Waals surface area contributed by atoms with E-state index in [2.05, 4.69) is 5.32 Å². The molecule has 0 radical (unpaired) electrons. The van der Waals surface area contributed by atoms with Gasteiger partial charge in [-0.05, 0) is 38.3 Å². The van der Waals surface area contributed by atoms with E-state index in [4.69, 9.17) is 15.2 Å². The fraction of sp³-hybridized carbons (Fsp3) is 0.562. The molecule has 118 valence electrons. The second-order valence-corrected chi connectivity index (χ2v) is 5.25. The zero-order chi connectivity index (χ0) is 15.8. The Morgan fingerprint density at radius 2 is 1.81 bits per heavy atom. The summed E-state index contributed by atoms with van der Waals surface area (Å²) in [5.74, 6) is 1.48. The van der Waals surface area contributed by atoms with Gasteiger partial charge in [-0.2, -0.15) is 0 Å². The van der Waals surface area contributed by atoms with Crippen LogP contribution in [0.3, 0.4) is 0 Å². The summed E-state index contributed by atoms with van der Waals surface area (Å²) in [6, 6.07) is 4.83. The van der Waals surface area contributed by atoms with Crippen molar-refractivity contribution in [3.63, 3.8) is 0 Å². The summed E-state index contributed by atoms with van der Waals surface area (Å²) < 4.78 is 11.0. The predicted octanol–water partition coefficient (Wildman–Crippen LogP) is 2.80. The average Bonchev–Trinajstić information content (AvgIpc) is 2.41. The van der Waals surface area contributed by atoms with E-state index in [0.717, 1.165) is 0 Å². The molecule has 0 spiro atoms. The predicted molar refractivity (Wildman–Crippen MR) is 84.8 cm³/mol. The number of amides is 1. The molecule has 0 saturated carbocycles. The van der Waals surface area contributed by atoms with Crippen LogP contribution in [-0.2, 0) is 4.79 Å². The van der Waals surface area contributed by atoms with Crippen molar-refractivity contribution in [2.24, 2.45) is 11.7 Å². The van der Waals surface area contributed by atoms with Crippen molar-refractivity contribution < 1.29 is 14.3 Å². The molecule has 21 heavy (non-hydrogen) atoms. The maximum atomic E-state index is 12.0. The Bertz CT molecular complexity index is 461. The third kappa shape index (κ3) is 5.63. The minimum Gasteiger partial charge on any atom is -0.490 e. The lowest BCUT2D eigenvalue weighted by molar-refractivity contribution is -0.117. The molecule has 1 amide bonds. The Kier molecular flexibility index (Phi) is 7.02. The van der Waals surface area contributed by atoms with Gasteiger partial charge in [-0.1, -0.05) is 13.8 Å². The normalized spacial score (nSPS) is 12.1. The van der Waals surface area contributed by atoms with Crippen molar-refractivity contribution in [1.29, 1.82) is 0 Å². The highest BCUT2D eigenvalue weighted by Crippen LogP contribution is 2.30. The number of hydrogen-bond acceptors (Lipinski definition) is 4. The van der Waals surface area contributed by atoms with Crippen LogP contribution in [0.2, 0.25) is 0 Å². The molecule has 0 fully saturated rings. The van der Waals surface area contributed by atoms with Crippen LogP contribution >= 0.6 is 0 Å². The number of nitrogens with two attached hydrogens (primary N) is 1. The van der Waals surface area contributed by atoms with E-state index in [1.807, 2.05) is 27.7 Å². The van der Waals surface area contributed by atoms with Crippen molar-refractivity contribution >= 4 is 11.6 Å². The molecule has 0 heterocycles. The molecule has 5 heteroatoms. The second kappa shape index (κ2) is 8.52. The highest BCUT2D eigenvalue weighted by Gasteiger charge is 2.16. The summed E-state index contributed by atoms with van der Waals surface area (Å²) in [7, 11) is 0. The Balaban J connectivity index is 2.79. The van der Waals surface area contributed by atoms with Crippen molar-refractivity contribution in [2.45, 2.75) is 40.2 Å². The van der Waals surface area contributed by atoms with Crippen molar-refractivity contribution in [1.82, 2.24) is 0 Å². The zero-order valence-electron chi connectivity index (χ0n) is 13.3. The topological polar surface area (TPSA) is 73.6 Å². The van der Waals surface area contributed by atoms with Crippen LogP contribution in [0.15, 0.2) is 18.2 Å². The zero-order valence-corrected chi connectivity index (χ0v) is 13.3. The summed E-state index contributed by atoms with van der Waals surface area (Å²) >= 11 is 0. The molecule has 0 saturated heterocycles. The van der Waals surface area contributed by atoms with Crippen molar-refractivity contribution in [3.8, 4) is 11.5 Å². The van der Waals surface area contributed by atoms with E-state index in [1.165, 1.54) is 0 Å². The van der Waals surface area contributed by atoms with Gasteiger partial charge in [0, 0.05) is 11.8 Å². The molecule has 1 aromatic carbocycles. The lowest BCUT2D eigenvalue weighted by Gasteiger charge is -2.16. The first-order valence-corrected chi connectivity index (χ1v) is 7.44. The molecule has 0 bridgehead atoms. The first-order valence-electron chi connectivity index (χ1n) is 7.44. The third-order valence-corrected chi connectivity index (χ3v) is 2.87. The minimum absolute atomic E-state index is 0.185. The second-order valence-electron chi connectivity index (χ2n) is 5.25. The van der Waals surface area contributed by atoms with Crippen molar-refractivity contribution in [2.75, 3.05) is 18.5 Å². The van der Waals surface area contributed by atoms with Gasteiger partial charge >= 0.3 is 0 Å². The maximum absolute atomic E-state index is 12.0. The smallest absolute Gasteiger partial charge is 0.241 e. The average molecular weight is 294 g/mol. The Morgan fingerprint density at radius 1 is 1.19 bits per heavy atom. The van der Waals surface area contributed by atoms with E-state index in [-0.39, 0.29) is 5.91 Å². The Morgan fingerprint density at radius 3 is 2.38 bits per heavy atom. The SMILES string of the molecule is CCOc1ccc(NC(=O)C(N)CC(C)C)cc1OCC. The summed E-state index contributed by atoms with van der Waals surface area (Å²) in [6.07, 6.45) is 0.654. The number of anilines is 1. The van der Waals surface area contributed by atoms with Crippen LogP contribution in [-0.4, -0.2) is 25.2 Å². The Hall–Kier alpha value is -1.75. The van der Waals surface area contributed by atoms with Gasteiger partial charge < -0.3 is 20.5 Å². The molecule has 1 atom stereocenters. The molecule has 0 aliphatic carbocycles. The standard InChI is InChI=1S/C16H26N2O3/c1-5-20-14-8-7-12(10-15(14)21-6-2)18-16(19)13(17)9-11(3)4/h7-8,10-11,13H,5-6,9,17H2,1-4H3,(H,18,19). The quantitative estimate of drug-likeness (QED) is 0.773. The molecule has 1 rings (SSSR count). The van der Waals surface area contributed by atoms with Gasteiger partial charge in [-0.15, -0.1) is 0 Å². The van der Waals surface area contributed by atoms with E-state index < -0.39 is 6.04 Å². The summed E-state index contributed by atoms with van der Waals surface area (Å²) in [5, 5.41) is 2.82.